The lowest BCUT2D eigenvalue weighted by Crippen LogP contribution is -2.43. The van der Waals surface area contributed by atoms with E-state index in [4.69, 9.17) is 5.11 Å². The van der Waals surface area contributed by atoms with Crippen LogP contribution in [-0.4, -0.2) is 45.2 Å². The van der Waals surface area contributed by atoms with E-state index in [-0.39, 0.29) is 12.3 Å². The van der Waals surface area contributed by atoms with E-state index in [1.54, 1.807) is 4.90 Å². The highest BCUT2D eigenvalue weighted by atomic mass is 16.4. The normalized spacial score (nSPS) is 18.9. The van der Waals surface area contributed by atoms with Crippen LogP contribution in [0.15, 0.2) is 24.3 Å². The quantitative estimate of drug-likeness (QED) is 0.894. The lowest BCUT2D eigenvalue weighted by Gasteiger charge is -2.30. The van der Waals surface area contributed by atoms with Gasteiger partial charge in [-0.25, -0.2) is 0 Å². The maximum Gasteiger partial charge on any atom is 0.308 e. The first-order chi connectivity index (χ1) is 10.1. The minimum atomic E-state index is -0.820. The Labute approximate surface area is 121 Å². The maximum atomic E-state index is 12.4. The van der Waals surface area contributed by atoms with Crippen molar-refractivity contribution >= 4 is 22.8 Å². The van der Waals surface area contributed by atoms with Gasteiger partial charge in [0.05, 0.1) is 23.5 Å². The van der Waals surface area contributed by atoms with Gasteiger partial charge in [-0.1, -0.05) is 18.2 Å². The van der Waals surface area contributed by atoms with Crippen molar-refractivity contribution in [1.29, 1.82) is 0 Å². The van der Waals surface area contributed by atoms with Crippen molar-refractivity contribution in [2.75, 3.05) is 13.1 Å². The van der Waals surface area contributed by atoms with Crippen molar-refractivity contribution in [1.82, 2.24) is 15.1 Å². The summed E-state index contributed by atoms with van der Waals surface area (Å²) in [7, 11) is 0. The van der Waals surface area contributed by atoms with Crippen LogP contribution in [0.1, 0.15) is 18.5 Å². The summed E-state index contributed by atoms with van der Waals surface area (Å²) in [5, 5.41) is 17.1. The van der Waals surface area contributed by atoms with Crippen LogP contribution >= 0.6 is 0 Å². The molecule has 1 atom stereocenters. The number of carboxylic acids is 1. The number of fused-ring (bicyclic) bond motifs is 1. The Balaban J connectivity index is 1.72. The Hall–Kier alpha value is -2.37. The number of aliphatic carboxylic acids is 1. The molecule has 1 aliphatic rings. The number of rotatable bonds is 3. The lowest BCUT2D eigenvalue weighted by molar-refractivity contribution is -0.145. The van der Waals surface area contributed by atoms with Crippen LogP contribution in [0.3, 0.4) is 0 Å². The number of likely N-dealkylation sites (tertiary alicyclic amines) is 1. The number of para-hydroxylation sites is 1. The molecule has 0 saturated carbocycles. The van der Waals surface area contributed by atoms with Gasteiger partial charge >= 0.3 is 5.97 Å². The van der Waals surface area contributed by atoms with Crippen LogP contribution in [0.25, 0.3) is 10.9 Å². The number of aromatic amines is 1. The van der Waals surface area contributed by atoms with Gasteiger partial charge in [0.25, 0.3) is 0 Å². The number of H-pyrrole nitrogens is 1. The zero-order valence-electron chi connectivity index (χ0n) is 11.6. The minimum absolute atomic E-state index is 0.0460. The number of aromatic nitrogens is 2. The van der Waals surface area contributed by atoms with Gasteiger partial charge in [-0.2, -0.15) is 5.10 Å². The molecule has 0 bridgehead atoms. The van der Waals surface area contributed by atoms with Crippen LogP contribution in [0.5, 0.6) is 0 Å². The topological polar surface area (TPSA) is 86.3 Å². The monoisotopic (exact) mass is 287 g/mol. The van der Waals surface area contributed by atoms with Crippen molar-refractivity contribution in [2.24, 2.45) is 5.92 Å². The number of hydrogen-bond acceptors (Lipinski definition) is 3. The number of piperidine rings is 1. The summed E-state index contributed by atoms with van der Waals surface area (Å²) in [5.41, 5.74) is 1.62. The van der Waals surface area contributed by atoms with Crippen molar-refractivity contribution in [3.05, 3.63) is 30.0 Å². The highest BCUT2D eigenvalue weighted by Crippen LogP contribution is 2.20. The van der Waals surface area contributed by atoms with Gasteiger partial charge in [-0.15, -0.1) is 0 Å². The summed E-state index contributed by atoms with van der Waals surface area (Å²) in [4.78, 5) is 25.1. The minimum Gasteiger partial charge on any atom is -0.481 e. The van der Waals surface area contributed by atoms with E-state index < -0.39 is 11.9 Å². The van der Waals surface area contributed by atoms with Crippen LogP contribution in [0.4, 0.5) is 0 Å². The average Bonchev–Trinajstić information content (AvgIpc) is 2.91. The Bertz CT molecular complexity index is 680. The summed E-state index contributed by atoms with van der Waals surface area (Å²) >= 11 is 0. The second-order valence-electron chi connectivity index (χ2n) is 5.41. The van der Waals surface area contributed by atoms with E-state index >= 15 is 0 Å². The Morgan fingerprint density at radius 3 is 3.00 bits per heavy atom. The first-order valence-electron chi connectivity index (χ1n) is 7.07. The second-order valence-corrected chi connectivity index (χ2v) is 5.41. The first-order valence-corrected chi connectivity index (χ1v) is 7.07. The van der Waals surface area contributed by atoms with Gasteiger partial charge in [0, 0.05) is 18.5 Å². The van der Waals surface area contributed by atoms with Crippen molar-refractivity contribution in [3.63, 3.8) is 0 Å². The molecule has 3 rings (SSSR count). The fraction of sp³-hybridized carbons (Fsp3) is 0.400. The van der Waals surface area contributed by atoms with Crippen LogP contribution in [0, 0.1) is 5.92 Å². The van der Waals surface area contributed by atoms with Gasteiger partial charge in [0.2, 0.25) is 5.91 Å². The summed E-state index contributed by atoms with van der Waals surface area (Å²) < 4.78 is 0. The number of nitrogens with zero attached hydrogens (tertiary/aromatic N) is 2. The second kappa shape index (κ2) is 5.55. The number of amides is 1. The summed E-state index contributed by atoms with van der Waals surface area (Å²) in [6.07, 6.45) is 1.62. The predicted molar refractivity (Wildman–Crippen MR) is 76.7 cm³/mol. The summed E-state index contributed by atoms with van der Waals surface area (Å²) in [6, 6.07) is 7.63. The van der Waals surface area contributed by atoms with Gasteiger partial charge < -0.3 is 10.0 Å². The molecule has 6 heteroatoms. The highest BCUT2D eigenvalue weighted by Gasteiger charge is 2.28. The molecule has 21 heavy (non-hydrogen) atoms. The SMILES string of the molecule is O=C(O)[C@H]1CCCN(C(=O)Cc2[nH]nc3ccccc23)C1. The molecule has 2 heterocycles. The van der Waals surface area contributed by atoms with Crippen LogP contribution in [0.2, 0.25) is 0 Å². The third-order valence-electron chi connectivity index (χ3n) is 3.99. The van der Waals surface area contributed by atoms with Gasteiger partial charge in [0.15, 0.2) is 0 Å². The molecule has 0 aliphatic carbocycles. The van der Waals surface area contributed by atoms with Crippen LogP contribution < -0.4 is 0 Å². The number of carbonyl (C=O) groups excluding carboxylic acids is 1. The molecule has 1 saturated heterocycles. The Morgan fingerprint density at radius 2 is 2.19 bits per heavy atom. The van der Waals surface area contributed by atoms with Gasteiger partial charge in [0.1, 0.15) is 0 Å². The van der Waals surface area contributed by atoms with E-state index in [0.29, 0.717) is 19.5 Å². The lowest BCUT2D eigenvalue weighted by atomic mass is 9.98. The van der Waals surface area contributed by atoms with E-state index in [9.17, 15) is 9.59 Å². The fourth-order valence-corrected chi connectivity index (χ4v) is 2.82. The number of nitrogens with one attached hydrogen (secondary N) is 1. The molecule has 1 aromatic heterocycles. The number of carboxylic acid groups (broad SMARTS) is 1. The molecule has 6 nitrogen and oxygen atoms in total. The van der Waals surface area contributed by atoms with E-state index in [1.165, 1.54) is 0 Å². The molecule has 1 fully saturated rings. The van der Waals surface area contributed by atoms with E-state index in [2.05, 4.69) is 10.2 Å². The molecular formula is C15H17N3O3. The van der Waals surface area contributed by atoms with Crippen molar-refractivity contribution < 1.29 is 14.7 Å². The molecule has 2 N–H and O–H groups in total. The zero-order chi connectivity index (χ0) is 14.8. The third kappa shape index (κ3) is 2.74. The van der Waals surface area contributed by atoms with Gasteiger partial charge in [-0.05, 0) is 18.9 Å². The van der Waals surface area contributed by atoms with E-state index in [1.807, 2.05) is 24.3 Å². The summed E-state index contributed by atoms with van der Waals surface area (Å²) in [5.74, 6) is -1.31. The Morgan fingerprint density at radius 1 is 1.38 bits per heavy atom. The number of benzene rings is 1. The predicted octanol–water partition coefficient (Wildman–Crippen LogP) is 1.43. The van der Waals surface area contributed by atoms with Gasteiger partial charge in [-0.3, -0.25) is 14.7 Å². The highest BCUT2D eigenvalue weighted by molar-refractivity contribution is 5.87. The average molecular weight is 287 g/mol. The molecule has 0 spiro atoms. The third-order valence-corrected chi connectivity index (χ3v) is 3.99. The van der Waals surface area contributed by atoms with Crippen molar-refractivity contribution in [3.8, 4) is 0 Å². The largest absolute Gasteiger partial charge is 0.481 e. The molecular weight excluding hydrogens is 270 g/mol. The standard InChI is InChI=1S/C15H17N3O3/c19-14(18-7-3-4-10(9-18)15(20)21)8-13-11-5-1-2-6-12(11)16-17-13/h1-2,5-6,10H,3-4,7-9H2,(H,16,17)(H,20,21)/t10-/m0/s1. The Kier molecular flexibility index (Phi) is 3.60. The molecule has 1 aliphatic heterocycles. The molecule has 0 unspecified atom stereocenters. The van der Waals surface area contributed by atoms with E-state index in [0.717, 1.165) is 23.0 Å². The summed E-state index contributed by atoms with van der Waals surface area (Å²) in [6.45, 7) is 0.939. The molecule has 1 amide bonds. The molecule has 110 valence electrons. The molecule has 1 aromatic carbocycles. The fourth-order valence-electron chi connectivity index (χ4n) is 2.82. The number of hydrogen-bond donors (Lipinski definition) is 2. The maximum absolute atomic E-state index is 12.4. The zero-order valence-corrected chi connectivity index (χ0v) is 11.6. The van der Waals surface area contributed by atoms with Crippen LogP contribution in [-0.2, 0) is 16.0 Å². The smallest absolute Gasteiger partial charge is 0.308 e. The van der Waals surface area contributed by atoms with Crippen molar-refractivity contribution in [2.45, 2.75) is 19.3 Å². The number of carbonyl (C=O) groups is 2. The first kappa shape index (κ1) is 13.6. The molecule has 0 radical (unpaired) electrons. The molecule has 2 aromatic rings.